The van der Waals surface area contributed by atoms with E-state index in [9.17, 15) is 0 Å². The van der Waals surface area contributed by atoms with E-state index in [4.69, 9.17) is 17.0 Å². The van der Waals surface area contributed by atoms with Gasteiger partial charge in [-0.1, -0.05) is 36.4 Å². The van der Waals surface area contributed by atoms with Crippen molar-refractivity contribution in [2.75, 3.05) is 7.11 Å². The van der Waals surface area contributed by atoms with E-state index in [1.54, 1.807) is 7.11 Å². The Hall–Kier alpha value is -3.64. The fourth-order valence-corrected chi connectivity index (χ4v) is 4.82. The van der Waals surface area contributed by atoms with Crippen LogP contribution < -0.4 is 10.1 Å². The van der Waals surface area contributed by atoms with Crippen LogP contribution in [0.4, 0.5) is 0 Å². The molecule has 4 aromatic rings. The third kappa shape index (κ3) is 4.10. The molecule has 1 fully saturated rings. The smallest absolute Gasteiger partial charge is 0.170 e. The van der Waals surface area contributed by atoms with Gasteiger partial charge in [0.1, 0.15) is 5.75 Å². The molecule has 6 heteroatoms. The molecule has 5 nitrogen and oxygen atoms in total. The molecule has 0 spiro atoms. The van der Waals surface area contributed by atoms with Crippen LogP contribution in [0.1, 0.15) is 34.6 Å². The zero-order valence-electron chi connectivity index (χ0n) is 18.7. The van der Waals surface area contributed by atoms with Crippen molar-refractivity contribution in [3.63, 3.8) is 0 Å². The monoisotopic (exact) mass is 454 g/mol. The topological polar surface area (TPSA) is 42.3 Å². The Kier molecular flexibility index (Phi) is 5.84. The number of rotatable bonds is 6. The molecule has 0 radical (unpaired) electrons. The van der Waals surface area contributed by atoms with Crippen molar-refractivity contribution < 1.29 is 4.74 Å². The van der Waals surface area contributed by atoms with Gasteiger partial charge in [0.15, 0.2) is 5.11 Å². The Balaban J connectivity index is 1.59. The highest BCUT2D eigenvalue weighted by atomic mass is 32.1. The quantitative estimate of drug-likeness (QED) is 0.397. The number of para-hydroxylation sites is 1. The minimum atomic E-state index is -0.0605. The number of ether oxygens (including phenoxy) is 1. The summed E-state index contributed by atoms with van der Waals surface area (Å²) in [7, 11) is 1.68. The molecule has 0 aliphatic carbocycles. The van der Waals surface area contributed by atoms with Gasteiger partial charge in [0.05, 0.1) is 24.9 Å². The van der Waals surface area contributed by atoms with E-state index in [1.165, 1.54) is 22.5 Å². The number of nitrogens with zero attached hydrogens (tertiary/aromatic N) is 3. The van der Waals surface area contributed by atoms with Crippen LogP contribution >= 0.6 is 12.2 Å². The summed E-state index contributed by atoms with van der Waals surface area (Å²) in [5, 5.41) is 4.28. The first kappa shape index (κ1) is 21.2. The van der Waals surface area contributed by atoms with Crippen molar-refractivity contribution in [2.24, 2.45) is 0 Å². The molecule has 0 amide bonds. The summed E-state index contributed by atoms with van der Waals surface area (Å²) in [6.45, 7) is 2.82. The first-order valence-corrected chi connectivity index (χ1v) is 11.4. The summed E-state index contributed by atoms with van der Waals surface area (Å²) < 4.78 is 7.60. The van der Waals surface area contributed by atoms with Gasteiger partial charge in [-0.2, -0.15) is 0 Å². The van der Waals surface area contributed by atoms with Crippen molar-refractivity contribution in [1.29, 1.82) is 0 Å². The molecule has 5 rings (SSSR count). The lowest BCUT2D eigenvalue weighted by atomic mass is 10.0. The average molecular weight is 455 g/mol. The van der Waals surface area contributed by atoms with E-state index < -0.39 is 0 Å². The van der Waals surface area contributed by atoms with Crippen LogP contribution in [0.15, 0.2) is 91.3 Å². The van der Waals surface area contributed by atoms with Crippen LogP contribution in [-0.4, -0.2) is 26.7 Å². The van der Waals surface area contributed by atoms with Crippen LogP contribution in [0.25, 0.3) is 5.69 Å². The van der Waals surface area contributed by atoms with Crippen molar-refractivity contribution in [1.82, 2.24) is 19.8 Å². The van der Waals surface area contributed by atoms with Gasteiger partial charge in [-0.3, -0.25) is 4.98 Å². The number of pyridine rings is 1. The van der Waals surface area contributed by atoms with Gasteiger partial charge in [0, 0.05) is 30.3 Å². The number of aryl methyl sites for hydroxylation is 1. The Bertz CT molecular complexity index is 1250. The summed E-state index contributed by atoms with van der Waals surface area (Å²) in [5.74, 6) is 0.845. The van der Waals surface area contributed by atoms with Crippen molar-refractivity contribution in [2.45, 2.75) is 25.6 Å². The van der Waals surface area contributed by atoms with E-state index in [1.807, 2.05) is 30.5 Å². The first-order valence-electron chi connectivity index (χ1n) is 11.0. The SMILES string of the molecule is COc1ccc(CN2C(=S)N[C@@H](c3ccccn3)[C@@H]2c2cccn2-c2ccccc2C)cc1. The number of aromatic nitrogens is 2. The van der Waals surface area contributed by atoms with Crippen LogP contribution in [0.3, 0.4) is 0 Å². The Morgan fingerprint density at radius 2 is 1.76 bits per heavy atom. The van der Waals surface area contributed by atoms with Gasteiger partial charge in [0.2, 0.25) is 0 Å². The predicted octanol–water partition coefficient (Wildman–Crippen LogP) is 5.36. The summed E-state index contributed by atoms with van der Waals surface area (Å²) in [6, 6.07) is 26.8. The summed E-state index contributed by atoms with van der Waals surface area (Å²) in [6.07, 6.45) is 3.96. The average Bonchev–Trinajstić information content (AvgIpc) is 3.45. The molecule has 3 heterocycles. The highest BCUT2D eigenvalue weighted by Crippen LogP contribution is 2.40. The van der Waals surface area contributed by atoms with Gasteiger partial charge in [-0.05, 0) is 72.7 Å². The molecule has 33 heavy (non-hydrogen) atoms. The van der Waals surface area contributed by atoms with Crippen molar-refractivity contribution >= 4 is 17.3 Å². The highest BCUT2D eigenvalue weighted by molar-refractivity contribution is 7.80. The third-order valence-electron chi connectivity index (χ3n) is 6.17. The maximum atomic E-state index is 5.86. The number of hydrogen-bond acceptors (Lipinski definition) is 3. The number of thiocarbonyl (C=S) groups is 1. The first-order chi connectivity index (χ1) is 16.2. The van der Waals surface area contributed by atoms with Crippen LogP contribution in [0.5, 0.6) is 5.75 Å². The normalized spacial score (nSPS) is 17.8. The minimum Gasteiger partial charge on any atom is -0.497 e. The Labute approximate surface area is 199 Å². The molecule has 0 saturated carbocycles. The lowest BCUT2D eigenvalue weighted by Gasteiger charge is -2.29. The highest BCUT2D eigenvalue weighted by Gasteiger charge is 2.41. The van der Waals surface area contributed by atoms with E-state index in [2.05, 4.69) is 87.5 Å². The van der Waals surface area contributed by atoms with Gasteiger partial charge in [0.25, 0.3) is 0 Å². The summed E-state index contributed by atoms with van der Waals surface area (Å²) >= 11 is 5.86. The van der Waals surface area contributed by atoms with Crippen LogP contribution in [0, 0.1) is 6.92 Å². The zero-order valence-corrected chi connectivity index (χ0v) is 19.5. The molecule has 1 saturated heterocycles. The predicted molar refractivity (Wildman–Crippen MR) is 134 cm³/mol. The standard InChI is InChI=1S/C27H26N4OS/c1-19-8-3-4-10-23(19)30-17-7-11-24(30)26-25(22-9-5-6-16-28-22)29-27(33)31(26)18-20-12-14-21(32-2)15-13-20/h3-17,25-26H,18H2,1-2H3,(H,29,33)/t25-,26-/m0/s1. The summed E-state index contributed by atoms with van der Waals surface area (Å²) in [5.41, 5.74) is 5.69. The molecule has 1 aliphatic heterocycles. The second-order valence-electron chi connectivity index (χ2n) is 8.19. The maximum Gasteiger partial charge on any atom is 0.170 e. The minimum absolute atomic E-state index is 0.0240. The number of methoxy groups -OCH3 is 1. The number of nitrogens with one attached hydrogen (secondary N) is 1. The molecule has 166 valence electrons. The Morgan fingerprint density at radius 3 is 2.48 bits per heavy atom. The lowest BCUT2D eigenvalue weighted by Crippen LogP contribution is -2.30. The summed E-state index contributed by atoms with van der Waals surface area (Å²) in [4.78, 5) is 6.93. The Morgan fingerprint density at radius 1 is 0.970 bits per heavy atom. The molecule has 2 atom stereocenters. The second kappa shape index (κ2) is 9.08. The third-order valence-corrected chi connectivity index (χ3v) is 6.52. The van der Waals surface area contributed by atoms with Crippen LogP contribution in [0.2, 0.25) is 0 Å². The number of benzene rings is 2. The molecular weight excluding hydrogens is 428 g/mol. The van der Waals surface area contributed by atoms with E-state index >= 15 is 0 Å². The van der Waals surface area contributed by atoms with Gasteiger partial charge in [-0.15, -0.1) is 0 Å². The largest absolute Gasteiger partial charge is 0.497 e. The molecule has 1 aliphatic rings. The molecule has 2 aromatic carbocycles. The van der Waals surface area contributed by atoms with Crippen molar-refractivity contribution in [3.8, 4) is 11.4 Å². The van der Waals surface area contributed by atoms with E-state index in [0.29, 0.717) is 6.54 Å². The van der Waals surface area contributed by atoms with Crippen molar-refractivity contribution in [3.05, 3.63) is 114 Å². The van der Waals surface area contributed by atoms with Crippen LogP contribution in [-0.2, 0) is 6.54 Å². The molecule has 2 aromatic heterocycles. The van der Waals surface area contributed by atoms with E-state index in [0.717, 1.165) is 16.6 Å². The lowest BCUT2D eigenvalue weighted by molar-refractivity contribution is 0.302. The molecule has 0 bridgehead atoms. The van der Waals surface area contributed by atoms with Gasteiger partial charge >= 0.3 is 0 Å². The zero-order chi connectivity index (χ0) is 22.8. The fraction of sp³-hybridized carbons (Fsp3) is 0.185. The molecule has 1 N–H and O–H groups in total. The maximum absolute atomic E-state index is 5.86. The van der Waals surface area contributed by atoms with E-state index in [-0.39, 0.29) is 12.1 Å². The number of hydrogen-bond donors (Lipinski definition) is 1. The van der Waals surface area contributed by atoms with Gasteiger partial charge < -0.3 is 19.5 Å². The fourth-order valence-electron chi connectivity index (χ4n) is 4.51. The second-order valence-corrected chi connectivity index (χ2v) is 8.58. The molecular formula is C27H26N4OS. The van der Waals surface area contributed by atoms with Gasteiger partial charge in [-0.25, -0.2) is 0 Å². The molecule has 0 unspecified atom stereocenters.